The fourth-order valence-electron chi connectivity index (χ4n) is 2.27. The lowest BCUT2D eigenvalue weighted by molar-refractivity contribution is 0.0693. The van der Waals surface area contributed by atoms with E-state index in [4.69, 9.17) is 0 Å². The summed E-state index contributed by atoms with van der Waals surface area (Å²) in [5.41, 5.74) is 0.830. The molecule has 0 unspecified atom stereocenters. The van der Waals surface area contributed by atoms with Crippen molar-refractivity contribution >= 4 is 17.3 Å². The van der Waals surface area contributed by atoms with Crippen molar-refractivity contribution in [3.05, 3.63) is 29.7 Å². The quantitative estimate of drug-likeness (QED) is 0.898. The third kappa shape index (κ3) is 1.54. The molecule has 1 aliphatic carbocycles. The van der Waals surface area contributed by atoms with E-state index < -0.39 is 5.97 Å². The Hall–Kier alpha value is -2.04. The number of hydrogen-bond donors (Lipinski definition) is 1. The van der Waals surface area contributed by atoms with Crippen LogP contribution >= 0.6 is 0 Å². The molecule has 0 saturated heterocycles. The van der Waals surface area contributed by atoms with E-state index in [0.29, 0.717) is 11.4 Å². The molecule has 2 heterocycles. The number of aromatic carboxylic acids is 1. The van der Waals surface area contributed by atoms with E-state index >= 15 is 0 Å². The largest absolute Gasteiger partial charge is 0.476 e. The molecule has 0 aliphatic heterocycles. The molecule has 94 valence electrons. The fraction of sp³-hybridized carbons (Fsp3) is 0.385. The van der Waals surface area contributed by atoms with E-state index in [1.807, 2.05) is 41.6 Å². The Balaban J connectivity index is 2.35. The third-order valence-electron chi connectivity index (χ3n) is 3.27. The van der Waals surface area contributed by atoms with E-state index in [2.05, 4.69) is 4.98 Å². The van der Waals surface area contributed by atoms with Crippen LogP contribution in [0.2, 0.25) is 0 Å². The van der Waals surface area contributed by atoms with Gasteiger partial charge in [-0.1, -0.05) is 6.07 Å². The van der Waals surface area contributed by atoms with Crippen LogP contribution in [-0.2, 0) is 0 Å². The molecule has 3 rings (SSSR count). The van der Waals surface area contributed by atoms with E-state index in [1.165, 1.54) is 0 Å². The first-order chi connectivity index (χ1) is 8.59. The highest BCUT2D eigenvalue weighted by Crippen LogP contribution is 2.41. The Morgan fingerprint density at radius 2 is 2.17 bits per heavy atom. The molecule has 0 atom stereocenters. The van der Waals surface area contributed by atoms with Gasteiger partial charge in [-0.2, -0.15) is 0 Å². The average molecular weight is 245 g/mol. The summed E-state index contributed by atoms with van der Waals surface area (Å²) in [6, 6.07) is 5.66. The van der Waals surface area contributed by atoms with Crippen molar-refractivity contribution in [3.8, 4) is 0 Å². The van der Waals surface area contributed by atoms with Crippen molar-refractivity contribution in [2.45, 2.75) is 18.8 Å². The van der Waals surface area contributed by atoms with E-state index in [-0.39, 0.29) is 5.69 Å². The fourth-order valence-corrected chi connectivity index (χ4v) is 2.27. The molecular formula is C13H15N3O2. The van der Waals surface area contributed by atoms with Crippen molar-refractivity contribution in [1.82, 2.24) is 9.38 Å². The summed E-state index contributed by atoms with van der Waals surface area (Å²) in [6.07, 6.45) is 2.19. The number of hydrogen-bond acceptors (Lipinski definition) is 3. The predicted molar refractivity (Wildman–Crippen MR) is 68.5 cm³/mol. The molecule has 5 nitrogen and oxygen atoms in total. The summed E-state index contributed by atoms with van der Waals surface area (Å²) >= 11 is 0. The van der Waals surface area contributed by atoms with Gasteiger partial charge in [-0.25, -0.2) is 9.78 Å². The minimum absolute atomic E-state index is 0.153. The number of carboxylic acids is 1. The molecule has 0 radical (unpaired) electrons. The van der Waals surface area contributed by atoms with Gasteiger partial charge >= 0.3 is 5.97 Å². The van der Waals surface area contributed by atoms with Crippen LogP contribution in [0.4, 0.5) is 5.82 Å². The number of nitrogens with zero attached hydrogens (tertiary/aromatic N) is 3. The van der Waals surface area contributed by atoms with Gasteiger partial charge < -0.3 is 10.0 Å². The Kier molecular flexibility index (Phi) is 2.29. The number of imidazole rings is 1. The lowest BCUT2D eigenvalue weighted by atomic mass is 10.3. The van der Waals surface area contributed by atoms with Crippen LogP contribution in [0.1, 0.15) is 35.1 Å². The van der Waals surface area contributed by atoms with Crippen LogP contribution in [0.3, 0.4) is 0 Å². The first kappa shape index (κ1) is 11.1. The van der Waals surface area contributed by atoms with Crippen LogP contribution in [0.5, 0.6) is 0 Å². The van der Waals surface area contributed by atoms with Gasteiger partial charge in [0, 0.05) is 20.0 Å². The topological polar surface area (TPSA) is 57.8 Å². The molecule has 1 fully saturated rings. The van der Waals surface area contributed by atoms with Gasteiger partial charge in [0.2, 0.25) is 0 Å². The number of carbonyl (C=O) groups is 1. The van der Waals surface area contributed by atoms with Crippen LogP contribution in [-0.4, -0.2) is 34.6 Å². The monoisotopic (exact) mass is 245 g/mol. The van der Waals surface area contributed by atoms with Crippen molar-refractivity contribution in [3.63, 3.8) is 0 Å². The molecule has 18 heavy (non-hydrogen) atoms. The molecular weight excluding hydrogens is 230 g/mol. The zero-order valence-electron chi connectivity index (χ0n) is 10.4. The van der Waals surface area contributed by atoms with Gasteiger partial charge in [0.1, 0.15) is 11.6 Å². The molecule has 0 aromatic carbocycles. The van der Waals surface area contributed by atoms with Crippen LogP contribution < -0.4 is 4.90 Å². The Morgan fingerprint density at radius 1 is 1.44 bits per heavy atom. The molecule has 1 aliphatic rings. The SMILES string of the molecule is CN(C)c1cccc2c(C(=O)O)nc(C3CC3)n12. The van der Waals surface area contributed by atoms with Crippen molar-refractivity contribution in [1.29, 1.82) is 0 Å². The molecule has 2 aromatic heterocycles. The number of fused-ring (bicyclic) bond motifs is 1. The number of pyridine rings is 1. The third-order valence-corrected chi connectivity index (χ3v) is 3.27. The summed E-state index contributed by atoms with van der Waals surface area (Å²) in [5.74, 6) is 1.29. The number of anilines is 1. The van der Waals surface area contributed by atoms with Gasteiger partial charge in [-0.3, -0.25) is 4.40 Å². The predicted octanol–water partition coefficient (Wildman–Crippen LogP) is 1.98. The number of rotatable bonds is 3. The standard InChI is InChI=1S/C13H15N3O2/c1-15(2)10-5-3-4-9-11(13(17)18)14-12(16(9)10)8-6-7-8/h3-5,8H,6-7H2,1-2H3,(H,17,18). The van der Waals surface area contributed by atoms with Crippen molar-refractivity contribution in [2.24, 2.45) is 0 Å². The van der Waals surface area contributed by atoms with Crippen LogP contribution in [0.15, 0.2) is 18.2 Å². The van der Waals surface area contributed by atoms with Gasteiger partial charge in [-0.15, -0.1) is 0 Å². The molecule has 1 N–H and O–H groups in total. The van der Waals surface area contributed by atoms with E-state index in [1.54, 1.807) is 0 Å². The summed E-state index contributed by atoms with van der Waals surface area (Å²) in [5, 5.41) is 9.24. The smallest absolute Gasteiger partial charge is 0.356 e. The highest BCUT2D eigenvalue weighted by Gasteiger charge is 2.31. The van der Waals surface area contributed by atoms with E-state index in [9.17, 15) is 9.90 Å². The second-order valence-electron chi connectivity index (χ2n) is 4.90. The number of carboxylic acid groups (broad SMARTS) is 1. The summed E-state index contributed by atoms with van der Waals surface area (Å²) in [4.78, 5) is 17.6. The molecule has 0 bridgehead atoms. The molecule has 2 aromatic rings. The van der Waals surface area contributed by atoms with Gasteiger partial charge in [0.05, 0.1) is 5.52 Å². The Bertz CT molecular complexity index is 626. The second-order valence-corrected chi connectivity index (χ2v) is 4.90. The first-order valence-electron chi connectivity index (χ1n) is 6.01. The highest BCUT2D eigenvalue weighted by molar-refractivity contribution is 5.94. The number of aromatic nitrogens is 2. The summed E-state index contributed by atoms with van der Waals surface area (Å²) < 4.78 is 1.97. The van der Waals surface area contributed by atoms with Gasteiger partial charge in [0.25, 0.3) is 0 Å². The minimum Gasteiger partial charge on any atom is -0.476 e. The lowest BCUT2D eigenvalue weighted by Gasteiger charge is -2.16. The summed E-state index contributed by atoms with van der Waals surface area (Å²) in [7, 11) is 3.90. The zero-order chi connectivity index (χ0) is 12.9. The summed E-state index contributed by atoms with van der Waals surface area (Å²) in [6.45, 7) is 0. The average Bonchev–Trinajstić information content (AvgIpc) is 3.08. The zero-order valence-corrected chi connectivity index (χ0v) is 10.4. The van der Waals surface area contributed by atoms with Crippen molar-refractivity contribution < 1.29 is 9.90 Å². The lowest BCUT2D eigenvalue weighted by Crippen LogP contribution is -2.13. The maximum absolute atomic E-state index is 11.3. The van der Waals surface area contributed by atoms with Crippen LogP contribution in [0.25, 0.3) is 5.52 Å². The Morgan fingerprint density at radius 3 is 2.72 bits per heavy atom. The molecule has 1 saturated carbocycles. The van der Waals surface area contributed by atoms with Gasteiger partial charge in [0.15, 0.2) is 5.69 Å². The van der Waals surface area contributed by atoms with Crippen molar-refractivity contribution in [2.75, 3.05) is 19.0 Å². The molecule has 0 amide bonds. The maximum atomic E-state index is 11.3. The van der Waals surface area contributed by atoms with E-state index in [0.717, 1.165) is 24.5 Å². The molecule has 5 heteroatoms. The highest BCUT2D eigenvalue weighted by atomic mass is 16.4. The normalized spacial score (nSPS) is 15.0. The first-order valence-corrected chi connectivity index (χ1v) is 6.01. The van der Waals surface area contributed by atoms with Gasteiger partial charge in [-0.05, 0) is 25.0 Å². The minimum atomic E-state index is -0.963. The van der Waals surface area contributed by atoms with Crippen LogP contribution in [0, 0.1) is 0 Å². The maximum Gasteiger partial charge on any atom is 0.356 e. The second kappa shape index (κ2) is 3.73. The Labute approximate surface area is 105 Å². The molecule has 0 spiro atoms.